The van der Waals surface area contributed by atoms with E-state index in [4.69, 9.17) is 5.73 Å². The maximum Gasteiger partial charge on any atom is 0.271 e. The van der Waals surface area contributed by atoms with Gasteiger partial charge < -0.3 is 11.1 Å². The van der Waals surface area contributed by atoms with Crippen LogP contribution in [0.5, 0.6) is 0 Å². The van der Waals surface area contributed by atoms with Crippen molar-refractivity contribution in [1.82, 2.24) is 24.7 Å². The first kappa shape index (κ1) is 18.8. The minimum atomic E-state index is -0.699. The smallest absolute Gasteiger partial charge is 0.271 e. The number of benzene rings is 1. The van der Waals surface area contributed by atoms with Gasteiger partial charge in [0.1, 0.15) is 12.0 Å². The number of rotatable bonds is 6. The molecule has 0 aliphatic rings. The van der Waals surface area contributed by atoms with E-state index in [1.165, 1.54) is 6.33 Å². The molecule has 0 saturated heterocycles. The average Bonchev–Trinajstić information content (AvgIpc) is 3.34. The summed E-state index contributed by atoms with van der Waals surface area (Å²) in [5.41, 5.74) is 8.38. The number of nitrogens with two attached hydrogens (primary N) is 1. The lowest BCUT2D eigenvalue weighted by Crippen LogP contribution is -2.27. The number of nitrogens with zero attached hydrogens (tertiary/aromatic N) is 4. The van der Waals surface area contributed by atoms with Crippen molar-refractivity contribution in [2.45, 2.75) is 13.3 Å². The SMILES string of the molecule is Cc1nc(CCNC(=O)c2cc(-c3ccccc3)n3cnc(C(N)=O)c3n2)cs1. The normalized spacial score (nSPS) is 10.9. The van der Waals surface area contributed by atoms with Gasteiger partial charge in [-0.15, -0.1) is 11.3 Å². The molecule has 8 nitrogen and oxygen atoms in total. The topological polar surface area (TPSA) is 115 Å². The molecule has 0 bridgehead atoms. The van der Waals surface area contributed by atoms with E-state index < -0.39 is 5.91 Å². The molecule has 0 radical (unpaired) electrons. The number of hydrogen-bond acceptors (Lipinski definition) is 6. The van der Waals surface area contributed by atoms with Gasteiger partial charge in [0.15, 0.2) is 11.3 Å². The highest BCUT2D eigenvalue weighted by molar-refractivity contribution is 7.09. The largest absolute Gasteiger partial charge is 0.364 e. The van der Waals surface area contributed by atoms with Crippen molar-refractivity contribution >= 4 is 28.8 Å². The Hall–Kier alpha value is -3.59. The molecule has 9 heteroatoms. The summed E-state index contributed by atoms with van der Waals surface area (Å²) < 4.78 is 1.66. The van der Waals surface area contributed by atoms with E-state index in [9.17, 15) is 9.59 Å². The number of hydrogen-bond donors (Lipinski definition) is 2. The minimum absolute atomic E-state index is 0.0229. The standard InChI is InChI=1S/C20H18N6O2S/c1-12-24-14(10-29-12)7-8-22-20(28)15-9-16(13-5-3-2-4-6-13)26-11-23-17(18(21)27)19(26)25-15/h2-6,9-11H,7-8H2,1H3,(H2,21,27)(H,22,28). The van der Waals surface area contributed by atoms with Gasteiger partial charge in [-0.3, -0.25) is 14.0 Å². The molecule has 0 aliphatic heterocycles. The van der Waals surface area contributed by atoms with E-state index in [1.54, 1.807) is 21.8 Å². The van der Waals surface area contributed by atoms with E-state index in [1.807, 2.05) is 42.6 Å². The van der Waals surface area contributed by atoms with Crippen LogP contribution in [0.3, 0.4) is 0 Å². The zero-order chi connectivity index (χ0) is 20.4. The number of thiazole rings is 1. The number of aromatic nitrogens is 4. The van der Waals surface area contributed by atoms with Crippen LogP contribution in [0.2, 0.25) is 0 Å². The van der Waals surface area contributed by atoms with Crippen molar-refractivity contribution in [3.05, 3.63) is 70.2 Å². The predicted octanol–water partition coefficient (Wildman–Crippen LogP) is 2.23. The first-order chi connectivity index (χ1) is 14.0. The number of imidazole rings is 1. The molecular formula is C20H18N6O2S. The van der Waals surface area contributed by atoms with Crippen LogP contribution >= 0.6 is 11.3 Å². The molecule has 4 aromatic rings. The number of nitrogens with one attached hydrogen (secondary N) is 1. The molecule has 1 aromatic carbocycles. The van der Waals surface area contributed by atoms with Crippen LogP contribution in [0, 0.1) is 6.92 Å². The van der Waals surface area contributed by atoms with Crippen LogP contribution in [-0.2, 0) is 6.42 Å². The fourth-order valence-electron chi connectivity index (χ4n) is 3.01. The van der Waals surface area contributed by atoms with Gasteiger partial charge in [0.05, 0.1) is 16.4 Å². The van der Waals surface area contributed by atoms with Gasteiger partial charge in [0.25, 0.3) is 11.8 Å². The van der Waals surface area contributed by atoms with Gasteiger partial charge in [-0.2, -0.15) is 0 Å². The van der Waals surface area contributed by atoms with Crippen LogP contribution in [0.1, 0.15) is 31.7 Å². The third-order valence-corrected chi connectivity index (χ3v) is 5.19. The van der Waals surface area contributed by atoms with Gasteiger partial charge in [0, 0.05) is 18.3 Å². The molecule has 3 N–H and O–H groups in total. The van der Waals surface area contributed by atoms with Crippen molar-refractivity contribution in [2.24, 2.45) is 5.73 Å². The number of amides is 2. The minimum Gasteiger partial charge on any atom is -0.364 e. The molecule has 146 valence electrons. The van der Waals surface area contributed by atoms with Crippen molar-refractivity contribution in [3.63, 3.8) is 0 Å². The number of carbonyl (C=O) groups is 2. The lowest BCUT2D eigenvalue weighted by Gasteiger charge is -2.10. The quantitative estimate of drug-likeness (QED) is 0.509. The average molecular weight is 406 g/mol. The van der Waals surface area contributed by atoms with E-state index in [2.05, 4.69) is 20.3 Å². The van der Waals surface area contributed by atoms with Gasteiger partial charge >= 0.3 is 0 Å². The Balaban J connectivity index is 1.67. The highest BCUT2D eigenvalue weighted by Gasteiger charge is 2.18. The summed E-state index contributed by atoms with van der Waals surface area (Å²) in [4.78, 5) is 37.3. The molecule has 0 spiro atoms. The van der Waals surface area contributed by atoms with Crippen molar-refractivity contribution < 1.29 is 9.59 Å². The number of aryl methyl sites for hydroxylation is 1. The van der Waals surface area contributed by atoms with E-state index >= 15 is 0 Å². The van der Waals surface area contributed by atoms with Crippen molar-refractivity contribution in [2.75, 3.05) is 6.54 Å². The second-order valence-electron chi connectivity index (χ2n) is 6.41. The third-order valence-electron chi connectivity index (χ3n) is 4.37. The lowest BCUT2D eigenvalue weighted by molar-refractivity contribution is 0.0947. The Morgan fingerprint density at radius 3 is 2.69 bits per heavy atom. The lowest BCUT2D eigenvalue weighted by atomic mass is 10.1. The van der Waals surface area contributed by atoms with Crippen LogP contribution in [0.25, 0.3) is 16.9 Å². The molecule has 3 aromatic heterocycles. The Morgan fingerprint density at radius 1 is 1.21 bits per heavy atom. The molecule has 0 atom stereocenters. The summed E-state index contributed by atoms with van der Waals surface area (Å²) in [6.45, 7) is 2.37. The molecular weight excluding hydrogens is 388 g/mol. The second-order valence-corrected chi connectivity index (χ2v) is 7.47. The highest BCUT2D eigenvalue weighted by Crippen LogP contribution is 2.22. The van der Waals surface area contributed by atoms with Crippen molar-refractivity contribution in [3.8, 4) is 11.3 Å². The molecule has 2 amide bonds. The van der Waals surface area contributed by atoms with Crippen LogP contribution < -0.4 is 11.1 Å². The van der Waals surface area contributed by atoms with Crippen LogP contribution in [0.4, 0.5) is 0 Å². The summed E-state index contributed by atoms with van der Waals surface area (Å²) in [5, 5.41) is 5.83. The number of fused-ring (bicyclic) bond motifs is 1. The maximum atomic E-state index is 12.7. The Labute approximate surface area is 170 Å². The van der Waals surface area contributed by atoms with E-state index in [0.717, 1.165) is 16.3 Å². The summed E-state index contributed by atoms with van der Waals surface area (Å²) in [6, 6.07) is 11.2. The molecule has 3 heterocycles. The van der Waals surface area contributed by atoms with Crippen molar-refractivity contribution in [1.29, 1.82) is 0 Å². The zero-order valence-corrected chi connectivity index (χ0v) is 16.4. The third kappa shape index (κ3) is 3.85. The van der Waals surface area contributed by atoms with Crippen LogP contribution in [0.15, 0.2) is 48.1 Å². The first-order valence-electron chi connectivity index (χ1n) is 8.95. The van der Waals surface area contributed by atoms with Gasteiger partial charge in [-0.25, -0.2) is 15.0 Å². The summed E-state index contributed by atoms with van der Waals surface area (Å²) in [6.07, 6.45) is 2.11. The monoisotopic (exact) mass is 406 g/mol. The summed E-state index contributed by atoms with van der Waals surface area (Å²) >= 11 is 1.58. The predicted molar refractivity (Wildman–Crippen MR) is 110 cm³/mol. The molecule has 0 fully saturated rings. The van der Waals surface area contributed by atoms with E-state index in [-0.39, 0.29) is 22.9 Å². The second kappa shape index (κ2) is 7.80. The molecule has 29 heavy (non-hydrogen) atoms. The molecule has 0 saturated carbocycles. The molecule has 4 rings (SSSR count). The summed E-state index contributed by atoms with van der Waals surface area (Å²) in [7, 11) is 0. The zero-order valence-electron chi connectivity index (χ0n) is 15.6. The number of carbonyl (C=O) groups excluding carboxylic acids is 2. The fourth-order valence-corrected chi connectivity index (χ4v) is 3.66. The maximum absolute atomic E-state index is 12.7. The molecule has 0 unspecified atom stereocenters. The highest BCUT2D eigenvalue weighted by atomic mass is 32.1. The number of primary amides is 1. The Kier molecular flexibility index (Phi) is 5.05. The van der Waals surface area contributed by atoms with Gasteiger partial charge in [-0.05, 0) is 18.6 Å². The van der Waals surface area contributed by atoms with Crippen LogP contribution in [-0.4, -0.2) is 37.7 Å². The van der Waals surface area contributed by atoms with E-state index in [0.29, 0.717) is 18.7 Å². The summed E-state index contributed by atoms with van der Waals surface area (Å²) in [5.74, 6) is -1.04. The van der Waals surface area contributed by atoms with Gasteiger partial charge in [0.2, 0.25) is 0 Å². The molecule has 0 aliphatic carbocycles. The first-order valence-corrected chi connectivity index (χ1v) is 9.83. The Bertz CT molecular complexity index is 1200. The Morgan fingerprint density at radius 2 is 2.00 bits per heavy atom. The fraction of sp³-hybridized carbons (Fsp3) is 0.150. The van der Waals surface area contributed by atoms with Gasteiger partial charge in [-0.1, -0.05) is 30.3 Å².